The van der Waals surface area contributed by atoms with Crippen LogP contribution in [-0.4, -0.2) is 16.8 Å². The van der Waals surface area contributed by atoms with Crippen molar-refractivity contribution in [2.24, 2.45) is 7.05 Å². The average Bonchev–Trinajstić information content (AvgIpc) is 2.54. The highest BCUT2D eigenvalue weighted by atomic mass is 15.3. The van der Waals surface area contributed by atoms with E-state index in [-0.39, 0.29) is 0 Å². The summed E-state index contributed by atoms with van der Waals surface area (Å²) in [7, 11) is 3.96. The number of hydrogen-bond acceptors (Lipinski definition) is 2. The highest BCUT2D eigenvalue weighted by molar-refractivity contribution is 5.82. The van der Waals surface area contributed by atoms with Crippen LogP contribution in [0.2, 0.25) is 0 Å². The van der Waals surface area contributed by atoms with Gasteiger partial charge in [0.15, 0.2) is 0 Å². The van der Waals surface area contributed by atoms with Gasteiger partial charge >= 0.3 is 0 Å². The number of benzene rings is 1. The SMILES string of the molecule is CNC(C)c1ccc2nn(C)c(C)c2c1. The molecular formula is C12H17N3. The summed E-state index contributed by atoms with van der Waals surface area (Å²) in [6, 6.07) is 6.83. The molecule has 0 radical (unpaired) electrons. The molecule has 1 aromatic carbocycles. The summed E-state index contributed by atoms with van der Waals surface area (Å²) in [4.78, 5) is 0. The molecule has 0 aliphatic heterocycles. The first-order valence-electron chi connectivity index (χ1n) is 5.24. The zero-order valence-corrected chi connectivity index (χ0v) is 9.70. The minimum absolute atomic E-state index is 0.383. The number of aryl methyl sites for hydroxylation is 2. The Kier molecular flexibility index (Phi) is 2.49. The molecule has 0 bridgehead atoms. The van der Waals surface area contributed by atoms with E-state index in [2.05, 4.69) is 42.5 Å². The smallest absolute Gasteiger partial charge is 0.0926 e. The topological polar surface area (TPSA) is 29.9 Å². The molecule has 3 heteroatoms. The zero-order valence-electron chi connectivity index (χ0n) is 9.70. The second-order valence-electron chi connectivity index (χ2n) is 4.00. The molecular weight excluding hydrogens is 186 g/mol. The zero-order chi connectivity index (χ0) is 11.0. The summed E-state index contributed by atoms with van der Waals surface area (Å²) in [5.41, 5.74) is 3.60. The van der Waals surface area contributed by atoms with Gasteiger partial charge in [0.2, 0.25) is 0 Å². The Balaban J connectivity index is 2.59. The molecule has 0 aliphatic carbocycles. The third kappa shape index (κ3) is 1.63. The van der Waals surface area contributed by atoms with Crippen molar-refractivity contribution in [1.29, 1.82) is 0 Å². The van der Waals surface area contributed by atoms with Gasteiger partial charge in [-0.15, -0.1) is 0 Å². The highest BCUT2D eigenvalue weighted by Crippen LogP contribution is 2.21. The van der Waals surface area contributed by atoms with Crippen molar-refractivity contribution in [1.82, 2.24) is 15.1 Å². The summed E-state index contributed by atoms with van der Waals surface area (Å²) < 4.78 is 1.93. The Morgan fingerprint density at radius 1 is 1.40 bits per heavy atom. The van der Waals surface area contributed by atoms with Crippen LogP contribution in [0.25, 0.3) is 10.9 Å². The Morgan fingerprint density at radius 3 is 2.80 bits per heavy atom. The van der Waals surface area contributed by atoms with E-state index >= 15 is 0 Å². The summed E-state index contributed by atoms with van der Waals surface area (Å²) in [6.07, 6.45) is 0. The summed E-state index contributed by atoms with van der Waals surface area (Å²) in [6.45, 7) is 4.26. The van der Waals surface area contributed by atoms with Crippen molar-refractivity contribution in [3.63, 3.8) is 0 Å². The summed E-state index contributed by atoms with van der Waals surface area (Å²) in [5.74, 6) is 0. The van der Waals surface area contributed by atoms with Gasteiger partial charge in [0.25, 0.3) is 0 Å². The molecule has 0 fully saturated rings. The Bertz CT molecular complexity index is 485. The van der Waals surface area contributed by atoms with Gasteiger partial charge < -0.3 is 5.32 Å². The minimum Gasteiger partial charge on any atom is -0.313 e. The van der Waals surface area contributed by atoms with Gasteiger partial charge in [0, 0.05) is 24.2 Å². The predicted molar refractivity (Wildman–Crippen MR) is 62.9 cm³/mol. The van der Waals surface area contributed by atoms with Gasteiger partial charge in [0.1, 0.15) is 0 Å². The van der Waals surface area contributed by atoms with Crippen LogP contribution in [0.4, 0.5) is 0 Å². The third-order valence-corrected chi connectivity index (χ3v) is 3.09. The van der Waals surface area contributed by atoms with Crippen LogP contribution in [0.5, 0.6) is 0 Å². The van der Waals surface area contributed by atoms with Crippen LogP contribution < -0.4 is 5.32 Å². The highest BCUT2D eigenvalue weighted by Gasteiger charge is 2.08. The maximum atomic E-state index is 4.44. The lowest BCUT2D eigenvalue weighted by Gasteiger charge is -2.10. The molecule has 2 rings (SSSR count). The fourth-order valence-corrected chi connectivity index (χ4v) is 1.78. The Hall–Kier alpha value is -1.35. The van der Waals surface area contributed by atoms with Crippen LogP contribution >= 0.6 is 0 Å². The Labute approximate surface area is 90.1 Å². The van der Waals surface area contributed by atoms with E-state index in [1.807, 2.05) is 18.8 Å². The largest absolute Gasteiger partial charge is 0.313 e. The lowest BCUT2D eigenvalue weighted by Crippen LogP contribution is -2.11. The number of aromatic nitrogens is 2. The molecule has 3 nitrogen and oxygen atoms in total. The number of nitrogens with one attached hydrogen (secondary N) is 1. The number of rotatable bonds is 2. The lowest BCUT2D eigenvalue weighted by atomic mass is 10.1. The Morgan fingerprint density at radius 2 is 2.13 bits per heavy atom. The number of hydrogen-bond donors (Lipinski definition) is 1. The van der Waals surface area contributed by atoms with E-state index in [1.165, 1.54) is 16.6 Å². The maximum absolute atomic E-state index is 4.44. The van der Waals surface area contributed by atoms with Crippen LogP contribution in [0.15, 0.2) is 18.2 Å². The maximum Gasteiger partial charge on any atom is 0.0926 e. The molecule has 15 heavy (non-hydrogen) atoms. The van der Waals surface area contributed by atoms with Gasteiger partial charge in [-0.25, -0.2) is 0 Å². The molecule has 0 aliphatic rings. The van der Waals surface area contributed by atoms with Gasteiger partial charge in [0.05, 0.1) is 5.52 Å². The first kappa shape index (κ1) is 10.2. The molecule has 2 aromatic rings. The van der Waals surface area contributed by atoms with Crippen LogP contribution in [0.3, 0.4) is 0 Å². The summed E-state index contributed by atoms with van der Waals surface area (Å²) in [5, 5.41) is 8.93. The van der Waals surface area contributed by atoms with E-state index in [9.17, 15) is 0 Å². The second-order valence-corrected chi connectivity index (χ2v) is 4.00. The van der Waals surface area contributed by atoms with Crippen LogP contribution in [0, 0.1) is 6.92 Å². The molecule has 1 unspecified atom stereocenters. The number of fused-ring (bicyclic) bond motifs is 1. The number of nitrogens with zero attached hydrogens (tertiary/aromatic N) is 2. The average molecular weight is 203 g/mol. The van der Waals surface area contributed by atoms with E-state index in [0.29, 0.717) is 6.04 Å². The van der Waals surface area contributed by atoms with Crippen LogP contribution in [0.1, 0.15) is 24.2 Å². The molecule has 80 valence electrons. The lowest BCUT2D eigenvalue weighted by molar-refractivity contribution is 0.653. The van der Waals surface area contributed by atoms with E-state index < -0.39 is 0 Å². The quantitative estimate of drug-likeness (QED) is 0.810. The standard InChI is InChI=1S/C12H17N3/c1-8(13-3)10-5-6-12-11(7-10)9(2)15(4)14-12/h5-8,13H,1-4H3. The van der Waals surface area contributed by atoms with Crippen molar-refractivity contribution < 1.29 is 0 Å². The molecule has 0 saturated carbocycles. The third-order valence-electron chi connectivity index (χ3n) is 3.09. The van der Waals surface area contributed by atoms with Crippen molar-refractivity contribution in [3.05, 3.63) is 29.5 Å². The predicted octanol–water partition coefficient (Wildman–Crippen LogP) is 2.16. The molecule has 0 saturated heterocycles. The molecule has 1 aromatic heterocycles. The minimum atomic E-state index is 0.383. The monoisotopic (exact) mass is 203 g/mol. The van der Waals surface area contributed by atoms with Gasteiger partial charge in [-0.05, 0) is 38.6 Å². The van der Waals surface area contributed by atoms with Crippen molar-refractivity contribution >= 4 is 10.9 Å². The van der Waals surface area contributed by atoms with E-state index in [0.717, 1.165) is 5.52 Å². The summed E-state index contributed by atoms with van der Waals surface area (Å²) >= 11 is 0. The van der Waals surface area contributed by atoms with Gasteiger partial charge in [-0.2, -0.15) is 5.10 Å². The fraction of sp³-hybridized carbons (Fsp3) is 0.417. The van der Waals surface area contributed by atoms with Crippen LogP contribution in [-0.2, 0) is 7.05 Å². The molecule has 1 atom stereocenters. The molecule has 1 N–H and O–H groups in total. The molecule has 0 spiro atoms. The molecule has 1 heterocycles. The van der Waals surface area contributed by atoms with Gasteiger partial charge in [-0.3, -0.25) is 4.68 Å². The fourth-order valence-electron chi connectivity index (χ4n) is 1.78. The van der Waals surface area contributed by atoms with Crippen molar-refractivity contribution in [2.75, 3.05) is 7.05 Å². The van der Waals surface area contributed by atoms with E-state index in [1.54, 1.807) is 0 Å². The first-order chi connectivity index (χ1) is 7.13. The van der Waals surface area contributed by atoms with Gasteiger partial charge in [-0.1, -0.05) is 6.07 Å². The second kappa shape index (κ2) is 3.66. The normalized spacial score (nSPS) is 13.3. The van der Waals surface area contributed by atoms with Crippen molar-refractivity contribution in [3.8, 4) is 0 Å². The van der Waals surface area contributed by atoms with Crippen molar-refractivity contribution in [2.45, 2.75) is 19.9 Å². The van der Waals surface area contributed by atoms with E-state index in [4.69, 9.17) is 0 Å². The molecule has 0 amide bonds. The first-order valence-corrected chi connectivity index (χ1v) is 5.24.